The van der Waals surface area contributed by atoms with Crippen molar-refractivity contribution in [1.29, 1.82) is 0 Å². The summed E-state index contributed by atoms with van der Waals surface area (Å²) in [6.45, 7) is 2.12. The largest absolute Gasteiger partial charge is 0.497 e. The van der Waals surface area contributed by atoms with Crippen molar-refractivity contribution in [3.8, 4) is 22.7 Å². The molecule has 2 aromatic heterocycles. The minimum absolute atomic E-state index is 0.336. The smallest absolute Gasteiger partial charge is 0.338 e. The van der Waals surface area contributed by atoms with Crippen LogP contribution in [-0.2, 0) is 4.74 Å². The fraction of sp³-hybridized carbons (Fsp3) is 0.0968. The van der Waals surface area contributed by atoms with E-state index in [0.717, 1.165) is 50.2 Å². The maximum absolute atomic E-state index is 12.0. The van der Waals surface area contributed by atoms with Crippen LogP contribution in [-0.4, -0.2) is 39.4 Å². The third-order valence-corrected chi connectivity index (χ3v) is 6.52. The van der Waals surface area contributed by atoms with Gasteiger partial charge in [-0.15, -0.1) is 10.2 Å². The van der Waals surface area contributed by atoms with Gasteiger partial charge in [-0.25, -0.2) is 9.78 Å². The molecular weight excluding hydrogens is 490 g/mol. The Balaban J connectivity index is 1.31. The molecule has 8 heteroatoms. The van der Waals surface area contributed by atoms with Crippen LogP contribution in [0, 0.1) is 0 Å². The van der Waals surface area contributed by atoms with Crippen LogP contribution in [0.2, 0.25) is 0 Å². The molecule has 0 unspecified atom stereocenters. The molecule has 0 aliphatic rings. The lowest BCUT2D eigenvalue weighted by Crippen LogP contribution is -2.04. The molecule has 0 aliphatic heterocycles. The van der Waals surface area contributed by atoms with Crippen molar-refractivity contribution in [2.75, 3.05) is 19.0 Å². The zero-order chi connectivity index (χ0) is 26.8. The van der Waals surface area contributed by atoms with Crippen molar-refractivity contribution in [3.05, 3.63) is 103 Å². The molecule has 2 heterocycles. The molecule has 4 aromatic carbocycles. The predicted octanol–water partition coefficient (Wildman–Crippen LogP) is 6.56. The lowest BCUT2D eigenvalue weighted by molar-refractivity contribution is 0.0526. The van der Waals surface area contributed by atoms with Crippen LogP contribution >= 0.6 is 0 Å². The molecule has 0 bridgehead atoms. The number of methoxy groups -OCH3 is 1. The summed E-state index contributed by atoms with van der Waals surface area (Å²) in [6, 6.07) is 29.1. The SMILES string of the molecule is CCOC(=O)c1ccc(-c2nnc(Nc3ccc4c(c3)ncn4-c3ccc(OC)cc3)c3ccccc23)cc1. The monoisotopic (exact) mass is 515 g/mol. The summed E-state index contributed by atoms with van der Waals surface area (Å²) in [6.07, 6.45) is 1.81. The number of ether oxygens (including phenoxy) is 2. The van der Waals surface area contributed by atoms with Gasteiger partial charge in [0.05, 0.1) is 30.3 Å². The van der Waals surface area contributed by atoms with Gasteiger partial charge in [-0.1, -0.05) is 36.4 Å². The van der Waals surface area contributed by atoms with E-state index in [9.17, 15) is 4.79 Å². The molecule has 0 saturated carbocycles. The lowest BCUT2D eigenvalue weighted by Gasteiger charge is -2.12. The van der Waals surface area contributed by atoms with Gasteiger partial charge in [-0.3, -0.25) is 4.57 Å². The third-order valence-electron chi connectivity index (χ3n) is 6.52. The van der Waals surface area contributed by atoms with Gasteiger partial charge in [0.25, 0.3) is 0 Å². The normalized spacial score (nSPS) is 11.0. The molecule has 0 radical (unpaired) electrons. The molecule has 1 N–H and O–H groups in total. The highest BCUT2D eigenvalue weighted by atomic mass is 16.5. The molecule has 6 rings (SSSR count). The fourth-order valence-corrected chi connectivity index (χ4v) is 4.56. The number of benzene rings is 4. The molecule has 0 amide bonds. The van der Waals surface area contributed by atoms with E-state index in [1.165, 1.54) is 0 Å². The third kappa shape index (κ3) is 4.64. The molecule has 0 aliphatic carbocycles. The number of hydrogen-bond acceptors (Lipinski definition) is 7. The lowest BCUT2D eigenvalue weighted by atomic mass is 10.0. The van der Waals surface area contributed by atoms with E-state index < -0.39 is 0 Å². The van der Waals surface area contributed by atoms with Crippen LogP contribution in [0.1, 0.15) is 17.3 Å². The summed E-state index contributed by atoms with van der Waals surface area (Å²) in [7, 11) is 1.65. The number of fused-ring (bicyclic) bond motifs is 2. The van der Waals surface area contributed by atoms with Crippen LogP contribution in [0.15, 0.2) is 97.3 Å². The minimum Gasteiger partial charge on any atom is -0.497 e. The van der Waals surface area contributed by atoms with Crippen molar-refractivity contribution < 1.29 is 14.3 Å². The van der Waals surface area contributed by atoms with Crippen molar-refractivity contribution in [1.82, 2.24) is 19.7 Å². The van der Waals surface area contributed by atoms with Gasteiger partial charge in [0, 0.05) is 27.7 Å². The van der Waals surface area contributed by atoms with Gasteiger partial charge in [0.1, 0.15) is 17.8 Å². The first-order valence-electron chi connectivity index (χ1n) is 12.6. The van der Waals surface area contributed by atoms with Gasteiger partial charge in [-0.05, 0) is 61.5 Å². The molecule has 0 atom stereocenters. The Bertz CT molecular complexity index is 1790. The first kappa shape index (κ1) is 24.1. The maximum atomic E-state index is 12.0. The van der Waals surface area contributed by atoms with E-state index in [1.807, 2.05) is 89.8 Å². The highest BCUT2D eigenvalue weighted by molar-refractivity contribution is 6.01. The topological polar surface area (TPSA) is 91.2 Å². The quantitative estimate of drug-likeness (QED) is 0.241. The first-order valence-corrected chi connectivity index (χ1v) is 12.6. The molecule has 0 fully saturated rings. The Morgan fingerprint density at radius 3 is 2.41 bits per heavy atom. The summed E-state index contributed by atoms with van der Waals surface area (Å²) in [5, 5.41) is 14.4. The number of hydrogen-bond donors (Lipinski definition) is 1. The van der Waals surface area contributed by atoms with E-state index >= 15 is 0 Å². The number of rotatable bonds is 7. The first-order chi connectivity index (χ1) is 19.1. The number of nitrogens with one attached hydrogen (secondary N) is 1. The summed E-state index contributed by atoms with van der Waals surface area (Å²) in [4.78, 5) is 16.6. The van der Waals surface area contributed by atoms with Crippen molar-refractivity contribution in [2.45, 2.75) is 6.92 Å². The van der Waals surface area contributed by atoms with Gasteiger partial charge in [-0.2, -0.15) is 0 Å². The highest BCUT2D eigenvalue weighted by Crippen LogP contribution is 2.32. The Morgan fingerprint density at radius 1 is 0.897 bits per heavy atom. The zero-order valence-electron chi connectivity index (χ0n) is 21.5. The van der Waals surface area contributed by atoms with Crippen LogP contribution in [0.5, 0.6) is 5.75 Å². The number of esters is 1. The van der Waals surface area contributed by atoms with Crippen molar-refractivity contribution in [3.63, 3.8) is 0 Å². The molecule has 6 aromatic rings. The number of carbonyl (C=O) groups excluding carboxylic acids is 1. The molecule has 8 nitrogen and oxygen atoms in total. The van der Waals surface area contributed by atoms with Crippen molar-refractivity contribution in [2.24, 2.45) is 0 Å². The second-order valence-electron chi connectivity index (χ2n) is 8.88. The molecule has 0 saturated heterocycles. The van der Waals surface area contributed by atoms with Gasteiger partial charge < -0.3 is 14.8 Å². The van der Waals surface area contributed by atoms with E-state index in [4.69, 9.17) is 9.47 Å². The minimum atomic E-state index is -0.342. The zero-order valence-corrected chi connectivity index (χ0v) is 21.5. The summed E-state index contributed by atoms with van der Waals surface area (Å²) >= 11 is 0. The summed E-state index contributed by atoms with van der Waals surface area (Å²) in [5.41, 5.74) is 5.80. The molecule has 39 heavy (non-hydrogen) atoms. The number of anilines is 2. The number of carbonyl (C=O) groups is 1. The number of imidazole rings is 1. The van der Waals surface area contributed by atoms with E-state index in [0.29, 0.717) is 18.0 Å². The number of nitrogens with zero attached hydrogens (tertiary/aromatic N) is 4. The van der Waals surface area contributed by atoms with E-state index in [2.05, 4.69) is 20.5 Å². The van der Waals surface area contributed by atoms with Crippen molar-refractivity contribution >= 4 is 39.3 Å². The standard InChI is InChI=1S/C31H25N5O3/c1-3-39-31(37)21-10-8-20(9-11-21)29-25-6-4-5-7-26(25)30(35-34-29)33-22-12-17-28-27(18-22)32-19-36(28)23-13-15-24(38-2)16-14-23/h4-19H,3H2,1-2H3,(H,33,35). The Hall–Kier alpha value is -5.24. The second kappa shape index (κ2) is 10.3. The summed E-state index contributed by atoms with van der Waals surface area (Å²) in [5.74, 6) is 1.11. The highest BCUT2D eigenvalue weighted by Gasteiger charge is 2.14. The van der Waals surface area contributed by atoms with Gasteiger partial charge in [0.2, 0.25) is 0 Å². The summed E-state index contributed by atoms with van der Waals surface area (Å²) < 4.78 is 12.4. The Kier molecular flexibility index (Phi) is 6.34. The van der Waals surface area contributed by atoms with Gasteiger partial charge in [0.15, 0.2) is 5.82 Å². The Labute approximate surface area is 224 Å². The maximum Gasteiger partial charge on any atom is 0.338 e. The van der Waals surface area contributed by atoms with Crippen LogP contribution in [0.4, 0.5) is 11.5 Å². The number of aromatic nitrogens is 4. The van der Waals surface area contributed by atoms with Crippen LogP contribution in [0.3, 0.4) is 0 Å². The average Bonchev–Trinajstić information content (AvgIpc) is 3.41. The van der Waals surface area contributed by atoms with E-state index in [1.54, 1.807) is 26.2 Å². The second-order valence-corrected chi connectivity index (χ2v) is 8.88. The Morgan fingerprint density at radius 2 is 1.67 bits per heavy atom. The molecule has 192 valence electrons. The van der Waals surface area contributed by atoms with Crippen LogP contribution < -0.4 is 10.1 Å². The molecular formula is C31H25N5O3. The van der Waals surface area contributed by atoms with E-state index in [-0.39, 0.29) is 5.97 Å². The molecule has 0 spiro atoms. The average molecular weight is 516 g/mol. The van der Waals surface area contributed by atoms with Crippen LogP contribution in [0.25, 0.3) is 38.8 Å². The van der Waals surface area contributed by atoms with Gasteiger partial charge >= 0.3 is 5.97 Å². The fourth-order valence-electron chi connectivity index (χ4n) is 4.56. The predicted molar refractivity (Wildman–Crippen MR) is 152 cm³/mol.